The normalized spacial score (nSPS) is 23.0. The predicted octanol–water partition coefficient (Wildman–Crippen LogP) is 3.00. The summed E-state index contributed by atoms with van der Waals surface area (Å²) in [6.07, 6.45) is 7.16. The van der Waals surface area contributed by atoms with Crippen molar-refractivity contribution >= 4 is 39.7 Å². The van der Waals surface area contributed by atoms with E-state index >= 15 is 0 Å². The van der Waals surface area contributed by atoms with Crippen LogP contribution >= 0.6 is 23.1 Å². The van der Waals surface area contributed by atoms with E-state index in [0.717, 1.165) is 12.8 Å². The highest BCUT2D eigenvalue weighted by Gasteiger charge is 2.31. The van der Waals surface area contributed by atoms with E-state index in [9.17, 15) is 10.1 Å². The molecule has 3 rings (SSSR count). The highest BCUT2D eigenvalue weighted by Crippen LogP contribution is 2.34. The molecular weight excluding hydrogens is 284 g/mol. The molecule has 0 bridgehead atoms. The molecule has 0 amide bonds. The number of aromatic nitrogens is 2. The Hall–Kier alpha value is -1.28. The van der Waals surface area contributed by atoms with Crippen molar-refractivity contribution in [3.8, 4) is 0 Å². The lowest BCUT2D eigenvalue weighted by atomic mass is 10.2. The molecular formula is C11H14N4O2S2. The van der Waals surface area contributed by atoms with E-state index in [1.165, 1.54) is 22.2 Å². The maximum Gasteiger partial charge on any atom is 0.372 e. The van der Waals surface area contributed by atoms with Gasteiger partial charge >= 0.3 is 5.82 Å². The summed E-state index contributed by atoms with van der Waals surface area (Å²) < 4.78 is 1.54. The lowest BCUT2D eigenvalue weighted by Crippen LogP contribution is -2.26. The molecule has 0 aliphatic heterocycles. The summed E-state index contributed by atoms with van der Waals surface area (Å²) in [7, 11) is 0. The molecule has 8 heteroatoms. The third-order valence-electron chi connectivity index (χ3n) is 3.49. The molecule has 2 unspecified atom stereocenters. The second-order valence-corrected chi connectivity index (χ2v) is 6.50. The van der Waals surface area contributed by atoms with Crippen molar-refractivity contribution in [1.82, 2.24) is 9.38 Å². The number of imidazole rings is 1. The molecule has 2 aromatic rings. The predicted molar refractivity (Wildman–Crippen MR) is 78.3 cm³/mol. The van der Waals surface area contributed by atoms with E-state index in [2.05, 4.69) is 16.6 Å². The number of hydrogen-bond donors (Lipinski definition) is 1. The highest BCUT2D eigenvalue weighted by atomic mass is 32.2. The van der Waals surface area contributed by atoms with E-state index in [-0.39, 0.29) is 16.8 Å². The van der Waals surface area contributed by atoms with E-state index in [1.54, 1.807) is 11.6 Å². The quantitative estimate of drug-likeness (QED) is 0.694. The summed E-state index contributed by atoms with van der Waals surface area (Å²) in [6.45, 7) is 0. The first-order valence-corrected chi connectivity index (χ1v) is 8.26. The molecule has 102 valence electrons. The Morgan fingerprint density at radius 1 is 1.63 bits per heavy atom. The van der Waals surface area contributed by atoms with Gasteiger partial charge in [0.05, 0.1) is 0 Å². The molecule has 1 aliphatic rings. The van der Waals surface area contributed by atoms with Gasteiger partial charge in [0.15, 0.2) is 0 Å². The Morgan fingerprint density at radius 2 is 2.47 bits per heavy atom. The molecule has 0 radical (unpaired) electrons. The summed E-state index contributed by atoms with van der Waals surface area (Å²) in [5, 5.41) is 16.8. The summed E-state index contributed by atoms with van der Waals surface area (Å²) in [6, 6.07) is 0.276. The minimum absolute atomic E-state index is 0.0444. The number of hydrogen-bond acceptors (Lipinski definition) is 6. The number of nitrogens with zero attached hydrogens (tertiary/aromatic N) is 3. The Morgan fingerprint density at radius 3 is 3.21 bits per heavy atom. The van der Waals surface area contributed by atoms with Crippen LogP contribution in [0.5, 0.6) is 0 Å². The van der Waals surface area contributed by atoms with E-state index in [1.807, 2.05) is 11.8 Å². The van der Waals surface area contributed by atoms with Gasteiger partial charge in [-0.05, 0) is 24.0 Å². The summed E-state index contributed by atoms with van der Waals surface area (Å²) in [5.41, 5.74) is 0. The zero-order chi connectivity index (χ0) is 13.4. The highest BCUT2D eigenvalue weighted by molar-refractivity contribution is 7.99. The first-order chi connectivity index (χ1) is 9.20. The Kier molecular flexibility index (Phi) is 3.36. The SMILES string of the molecule is CSC1CCCC1Nc1nc2sccn2c1[N+](=O)[O-]. The molecule has 2 aromatic heterocycles. The third-order valence-corrected chi connectivity index (χ3v) is 5.41. The first kappa shape index (κ1) is 12.7. The van der Waals surface area contributed by atoms with Gasteiger partial charge in [-0.1, -0.05) is 17.8 Å². The number of thiazole rings is 1. The minimum atomic E-state index is -0.363. The molecule has 0 aromatic carbocycles. The number of fused-ring (bicyclic) bond motifs is 1. The third kappa shape index (κ3) is 2.18. The second kappa shape index (κ2) is 5.01. The van der Waals surface area contributed by atoms with Crippen molar-refractivity contribution in [2.75, 3.05) is 11.6 Å². The van der Waals surface area contributed by atoms with Gasteiger partial charge in [0.25, 0.3) is 4.96 Å². The largest absolute Gasteiger partial charge is 0.372 e. The molecule has 0 saturated heterocycles. The van der Waals surface area contributed by atoms with Gasteiger partial charge in [-0.15, -0.1) is 0 Å². The molecule has 1 saturated carbocycles. The van der Waals surface area contributed by atoms with Crippen molar-refractivity contribution in [2.24, 2.45) is 0 Å². The van der Waals surface area contributed by atoms with Crippen LogP contribution < -0.4 is 5.32 Å². The fourth-order valence-corrected chi connectivity index (χ4v) is 4.24. The van der Waals surface area contributed by atoms with E-state index < -0.39 is 0 Å². The average molecular weight is 298 g/mol. The summed E-state index contributed by atoms with van der Waals surface area (Å²) in [5.74, 6) is 0.450. The smallest absolute Gasteiger partial charge is 0.359 e. The van der Waals surface area contributed by atoms with Gasteiger partial charge in [-0.2, -0.15) is 21.1 Å². The fraction of sp³-hybridized carbons (Fsp3) is 0.545. The molecule has 0 spiro atoms. The molecule has 2 heterocycles. The molecule has 1 aliphatic carbocycles. The zero-order valence-electron chi connectivity index (χ0n) is 10.4. The van der Waals surface area contributed by atoms with Gasteiger partial charge in [0.2, 0.25) is 5.82 Å². The van der Waals surface area contributed by atoms with Gasteiger partial charge in [0.1, 0.15) is 6.20 Å². The maximum atomic E-state index is 11.2. The van der Waals surface area contributed by atoms with Crippen LogP contribution in [0.4, 0.5) is 11.6 Å². The van der Waals surface area contributed by atoms with E-state index in [4.69, 9.17) is 0 Å². The Labute approximate surface area is 118 Å². The lowest BCUT2D eigenvalue weighted by Gasteiger charge is -2.18. The topological polar surface area (TPSA) is 72.5 Å². The van der Waals surface area contributed by atoms with Gasteiger partial charge < -0.3 is 15.4 Å². The number of nitro groups is 1. The maximum absolute atomic E-state index is 11.2. The number of thioether (sulfide) groups is 1. The number of anilines is 1. The van der Waals surface area contributed by atoms with Crippen molar-refractivity contribution < 1.29 is 4.92 Å². The van der Waals surface area contributed by atoms with Crippen LogP contribution in [0.3, 0.4) is 0 Å². The molecule has 6 nitrogen and oxygen atoms in total. The first-order valence-electron chi connectivity index (χ1n) is 6.10. The zero-order valence-corrected chi connectivity index (χ0v) is 12.0. The van der Waals surface area contributed by atoms with Gasteiger partial charge in [-0.25, -0.2) is 0 Å². The monoisotopic (exact) mass is 298 g/mol. The van der Waals surface area contributed by atoms with Gasteiger partial charge in [-0.3, -0.25) is 0 Å². The van der Waals surface area contributed by atoms with Crippen molar-refractivity contribution in [3.05, 3.63) is 21.7 Å². The van der Waals surface area contributed by atoms with Crippen molar-refractivity contribution in [2.45, 2.75) is 30.6 Å². The molecule has 1 N–H and O–H groups in total. The fourth-order valence-electron chi connectivity index (χ4n) is 2.59. The minimum Gasteiger partial charge on any atom is -0.359 e. The standard InChI is InChI=1S/C11H14N4O2S2/c1-18-8-4-2-3-7(8)12-9-10(15(16)17)14-5-6-19-11(14)13-9/h5-8,12H,2-4H2,1H3. The van der Waals surface area contributed by atoms with Gasteiger partial charge in [0, 0.05) is 16.7 Å². The van der Waals surface area contributed by atoms with Crippen LogP contribution in [0.1, 0.15) is 19.3 Å². The van der Waals surface area contributed by atoms with Crippen LogP contribution in [0.25, 0.3) is 4.96 Å². The Bertz CT molecular complexity index is 609. The van der Waals surface area contributed by atoms with Crippen LogP contribution in [-0.2, 0) is 0 Å². The van der Waals surface area contributed by atoms with Crippen LogP contribution in [0.2, 0.25) is 0 Å². The molecule has 2 atom stereocenters. The number of nitrogens with one attached hydrogen (secondary N) is 1. The number of rotatable bonds is 4. The summed E-state index contributed by atoms with van der Waals surface area (Å²) in [4.78, 5) is 15.9. The molecule has 1 fully saturated rings. The Balaban J connectivity index is 1.93. The van der Waals surface area contributed by atoms with Crippen LogP contribution in [-0.4, -0.2) is 31.9 Å². The van der Waals surface area contributed by atoms with Crippen molar-refractivity contribution in [1.29, 1.82) is 0 Å². The van der Waals surface area contributed by atoms with Crippen LogP contribution in [0.15, 0.2) is 11.6 Å². The van der Waals surface area contributed by atoms with Crippen LogP contribution in [0, 0.1) is 10.1 Å². The summed E-state index contributed by atoms with van der Waals surface area (Å²) >= 11 is 3.23. The van der Waals surface area contributed by atoms with Crippen molar-refractivity contribution in [3.63, 3.8) is 0 Å². The average Bonchev–Trinajstić information content (AvgIpc) is 3.03. The molecule has 19 heavy (non-hydrogen) atoms. The second-order valence-electron chi connectivity index (χ2n) is 4.55. The van der Waals surface area contributed by atoms with E-state index in [0.29, 0.717) is 16.0 Å². The lowest BCUT2D eigenvalue weighted by molar-refractivity contribution is -0.389.